The summed E-state index contributed by atoms with van der Waals surface area (Å²) in [4.78, 5) is 0. The highest BCUT2D eigenvalue weighted by molar-refractivity contribution is 5.22. The maximum Gasteiger partial charge on any atom is -0.000835 e. The fraction of sp³-hybridized carbons (Fsp3) is 0.600. The lowest BCUT2D eigenvalue weighted by atomic mass is 10.1. The molecular weight excluding hydrogens is 194 g/mol. The van der Waals surface area contributed by atoms with E-state index in [0.717, 1.165) is 25.4 Å². The quantitative estimate of drug-likeness (QED) is 0.691. The SMILES string of the molecule is Cc1cccc(CCNCCCC(C)C)c1. The van der Waals surface area contributed by atoms with Gasteiger partial charge in [-0.15, -0.1) is 0 Å². The van der Waals surface area contributed by atoms with Crippen LogP contribution in [0.3, 0.4) is 0 Å². The molecule has 0 aromatic heterocycles. The molecule has 1 rings (SSSR count). The van der Waals surface area contributed by atoms with Crippen LogP contribution in [0.4, 0.5) is 0 Å². The topological polar surface area (TPSA) is 12.0 Å². The van der Waals surface area contributed by atoms with Crippen LogP contribution in [-0.2, 0) is 6.42 Å². The van der Waals surface area contributed by atoms with E-state index in [1.54, 1.807) is 0 Å². The number of rotatable bonds is 7. The largest absolute Gasteiger partial charge is 0.316 e. The van der Waals surface area contributed by atoms with Gasteiger partial charge in [-0.2, -0.15) is 0 Å². The molecule has 0 atom stereocenters. The summed E-state index contributed by atoms with van der Waals surface area (Å²) >= 11 is 0. The van der Waals surface area contributed by atoms with Crippen LogP contribution in [-0.4, -0.2) is 13.1 Å². The predicted octanol–water partition coefficient (Wildman–Crippen LogP) is 3.56. The standard InChI is InChI=1S/C15H25N/c1-13(2)6-5-10-16-11-9-15-8-4-7-14(3)12-15/h4,7-8,12-13,16H,5-6,9-11H2,1-3H3. The van der Waals surface area contributed by atoms with Crippen molar-refractivity contribution in [3.05, 3.63) is 35.4 Å². The third-order valence-electron chi connectivity index (χ3n) is 2.81. The average molecular weight is 219 g/mol. The average Bonchev–Trinajstić information content (AvgIpc) is 2.23. The van der Waals surface area contributed by atoms with Crippen LogP contribution in [0.2, 0.25) is 0 Å². The lowest BCUT2D eigenvalue weighted by Gasteiger charge is -2.07. The zero-order chi connectivity index (χ0) is 11.8. The van der Waals surface area contributed by atoms with Gasteiger partial charge in [0.1, 0.15) is 0 Å². The first-order valence-electron chi connectivity index (χ1n) is 6.44. The van der Waals surface area contributed by atoms with E-state index < -0.39 is 0 Å². The van der Waals surface area contributed by atoms with E-state index >= 15 is 0 Å². The fourth-order valence-corrected chi connectivity index (χ4v) is 1.86. The molecule has 16 heavy (non-hydrogen) atoms. The predicted molar refractivity (Wildman–Crippen MR) is 71.8 cm³/mol. The van der Waals surface area contributed by atoms with Gasteiger partial charge in [0.05, 0.1) is 0 Å². The number of benzene rings is 1. The van der Waals surface area contributed by atoms with Crippen LogP contribution in [0.1, 0.15) is 37.8 Å². The van der Waals surface area contributed by atoms with Gasteiger partial charge >= 0.3 is 0 Å². The van der Waals surface area contributed by atoms with E-state index in [1.807, 2.05) is 0 Å². The lowest BCUT2D eigenvalue weighted by molar-refractivity contribution is 0.528. The van der Waals surface area contributed by atoms with Crippen LogP contribution < -0.4 is 5.32 Å². The van der Waals surface area contributed by atoms with Gasteiger partial charge in [0, 0.05) is 0 Å². The monoisotopic (exact) mass is 219 g/mol. The van der Waals surface area contributed by atoms with Gasteiger partial charge in [-0.25, -0.2) is 0 Å². The molecule has 1 heteroatoms. The second-order valence-electron chi connectivity index (χ2n) is 5.03. The number of nitrogens with one attached hydrogen (secondary N) is 1. The molecule has 1 aromatic carbocycles. The van der Waals surface area contributed by atoms with E-state index in [2.05, 4.69) is 50.4 Å². The van der Waals surface area contributed by atoms with Gasteiger partial charge in [-0.1, -0.05) is 43.7 Å². The first kappa shape index (κ1) is 13.2. The van der Waals surface area contributed by atoms with Crippen LogP contribution in [0.25, 0.3) is 0 Å². The first-order chi connectivity index (χ1) is 7.68. The molecule has 0 bridgehead atoms. The van der Waals surface area contributed by atoms with Crippen molar-refractivity contribution in [1.82, 2.24) is 5.32 Å². The van der Waals surface area contributed by atoms with Crippen molar-refractivity contribution < 1.29 is 0 Å². The molecule has 0 saturated heterocycles. The van der Waals surface area contributed by atoms with Crippen molar-refractivity contribution in [2.24, 2.45) is 5.92 Å². The molecule has 0 saturated carbocycles. The highest BCUT2D eigenvalue weighted by Crippen LogP contribution is 2.04. The molecule has 1 N–H and O–H groups in total. The van der Waals surface area contributed by atoms with Crippen LogP contribution in [0.15, 0.2) is 24.3 Å². The fourth-order valence-electron chi connectivity index (χ4n) is 1.86. The number of hydrogen-bond acceptors (Lipinski definition) is 1. The third-order valence-corrected chi connectivity index (χ3v) is 2.81. The van der Waals surface area contributed by atoms with Gasteiger partial charge < -0.3 is 5.32 Å². The Bertz CT molecular complexity index is 291. The molecule has 0 heterocycles. The molecule has 90 valence electrons. The lowest BCUT2D eigenvalue weighted by Crippen LogP contribution is -2.18. The van der Waals surface area contributed by atoms with Crippen molar-refractivity contribution in [2.75, 3.05) is 13.1 Å². The van der Waals surface area contributed by atoms with Crippen molar-refractivity contribution in [3.63, 3.8) is 0 Å². The number of aryl methyl sites for hydroxylation is 1. The summed E-state index contributed by atoms with van der Waals surface area (Å²) in [5, 5.41) is 3.51. The van der Waals surface area contributed by atoms with Gasteiger partial charge in [0.2, 0.25) is 0 Å². The minimum atomic E-state index is 0.832. The van der Waals surface area contributed by atoms with Crippen LogP contribution in [0.5, 0.6) is 0 Å². The molecule has 1 nitrogen and oxygen atoms in total. The second kappa shape index (κ2) is 7.45. The van der Waals surface area contributed by atoms with Crippen molar-refractivity contribution in [3.8, 4) is 0 Å². The van der Waals surface area contributed by atoms with Crippen molar-refractivity contribution in [2.45, 2.75) is 40.0 Å². The summed E-state index contributed by atoms with van der Waals surface area (Å²) < 4.78 is 0. The molecular formula is C15H25N. The first-order valence-corrected chi connectivity index (χ1v) is 6.44. The minimum absolute atomic E-state index is 0.832. The zero-order valence-corrected chi connectivity index (χ0v) is 10.9. The van der Waals surface area contributed by atoms with E-state index in [9.17, 15) is 0 Å². The summed E-state index contributed by atoms with van der Waals surface area (Å²) in [7, 11) is 0. The summed E-state index contributed by atoms with van der Waals surface area (Å²) in [5.74, 6) is 0.832. The van der Waals surface area contributed by atoms with Gasteiger partial charge in [0.25, 0.3) is 0 Å². The summed E-state index contributed by atoms with van der Waals surface area (Å²) in [6, 6.07) is 8.78. The van der Waals surface area contributed by atoms with Crippen LogP contribution in [0, 0.1) is 12.8 Å². The number of hydrogen-bond donors (Lipinski definition) is 1. The van der Waals surface area contributed by atoms with E-state index in [1.165, 1.54) is 24.0 Å². The van der Waals surface area contributed by atoms with Gasteiger partial charge in [-0.05, 0) is 50.8 Å². The van der Waals surface area contributed by atoms with Gasteiger partial charge in [0.15, 0.2) is 0 Å². The van der Waals surface area contributed by atoms with E-state index in [4.69, 9.17) is 0 Å². The molecule has 0 spiro atoms. The normalized spacial score (nSPS) is 11.0. The van der Waals surface area contributed by atoms with Crippen LogP contribution >= 0.6 is 0 Å². The maximum atomic E-state index is 3.51. The Hall–Kier alpha value is -0.820. The van der Waals surface area contributed by atoms with E-state index in [0.29, 0.717) is 0 Å². The Labute approximate surface area is 100 Å². The Balaban J connectivity index is 2.07. The molecule has 0 radical (unpaired) electrons. The van der Waals surface area contributed by atoms with Crippen molar-refractivity contribution >= 4 is 0 Å². The Kier molecular flexibility index (Phi) is 6.17. The Morgan fingerprint density at radius 1 is 1.19 bits per heavy atom. The molecule has 0 aliphatic carbocycles. The Morgan fingerprint density at radius 2 is 2.00 bits per heavy atom. The van der Waals surface area contributed by atoms with Gasteiger partial charge in [-0.3, -0.25) is 0 Å². The molecule has 0 aliphatic heterocycles. The smallest absolute Gasteiger partial charge is 0.000835 e. The minimum Gasteiger partial charge on any atom is -0.316 e. The second-order valence-corrected chi connectivity index (χ2v) is 5.03. The molecule has 0 unspecified atom stereocenters. The summed E-state index contributed by atoms with van der Waals surface area (Å²) in [5.41, 5.74) is 2.80. The highest BCUT2D eigenvalue weighted by atomic mass is 14.8. The van der Waals surface area contributed by atoms with Crippen molar-refractivity contribution in [1.29, 1.82) is 0 Å². The molecule has 0 fully saturated rings. The molecule has 0 aliphatic rings. The molecule has 1 aromatic rings. The molecule has 0 amide bonds. The summed E-state index contributed by atoms with van der Waals surface area (Å²) in [6.07, 6.45) is 3.77. The Morgan fingerprint density at radius 3 is 2.69 bits per heavy atom. The maximum absolute atomic E-state index is 3.51. The zero-order valence-electron chi connectivity index (χ0n) is 10.9. The van der Waals surface area contributed by atoms with E-state index in [-0.39, 0.29) is 0 Å². The third kappa shape index (κ3) is 5.92. The highest BCUT2D eigenvalue weighted by Gasteiger charge is 1.95. The summed E-state index contributed by atoms with van der Waals surface area (Å²) in [6.45, 7) is 8.98.